The van der Waals surface area contributed by atoms with Crippen LogP contribution in [0.3, 0.4) is 0 Å². The molecule has 0 spiro atoms. The molecule has 31 heavy (non-hydrogen) atoms. The summed E-state index contributed by atoms with van der Waals surface area (Å²) in [5.74, 6) is 0. The van der Waals surface area contributed by atoms with Crippen LogP contribution in [0.5, 0.6) is 0 Å². The molecule has 1 aliphatic rings. The first-order chi connectivity index (χ1) is 15.2. The van der Waals surface area contributed by atoms with Gasteiger partial charge in [0.25, 0.3) is 0 Å². The quantitative estimate of drug-likeness (QED) is 0.114. The van der Waals surface area contributed by atoms with Crippen LogP contribution in [0, 0.1) is 0 Å². The van der Waals surface area contributed by atoms with Crippen molar-refractivity contribution in [2.45, 2.75) is 180 Å². The molecule has 1 N–H and O–H groups in total. The minimum Gasteiger partial charge on any atom is -0.390 e. The summed E-state index contributed by atoms with van der Waals surface area (Å²) in [4.78, 5) is 0. The van der Waals surface area contributed by atoms with Gasteiger partial charge in [0, 0.05) is 0 Å². The summed E-state index contributed by atoms with van der Waals surface area (Å²) in [6.45, 7) is 5.50. The van der Waals surface area contributed by atoms with Crippen LogP contribution in [0.15, 0.2) is 0 Å². The Kier molecular flexibility index (Phi) is 19.2. The molecule has 0 radical (unpaired) electrons. The number of hydrogen-bond donors (Lipinski definition) is 1. The van der Waals surface area contributed by atoms with Crippen LogP contribution >= 0.6 is 0 Å². The predicted octanol–water partition coefficient (Wildman–Crippen LogP) is 9.52. The van der Waals surface area contributed by atoms with Gasteiger partial charge >= 0.3 is 0 Å². The first-order valence-electron chi connectivity index (χ1n) is 14.5. The first kappa shape index (κ1) is 29.0. The first-order valence-corrected chi connectivity index (χ1v) is 14.5. The van der Waals surface area contributed by atoms with Gasteiger partial charge in [0.15, 0.2) is 0 Å². The van der Waals surface area contributed by atoms with Crippen LogP contribution in [0.2, 0.25) is 0 Å². The molecule has 1 saturated heterocycles. The molecule has 2 heteroatoms. The van der Waals surface area contributed by atoms with Gasteiger partial charge < -0.3 is 9.84 Å². The zero-order valence-electron chi connectivity index (χ0n) is 21.6. The van der Waals surface area contributed by atoms with Crippen molar-refractivity contribution in [2.75, 3.05) is 6.61 Å². The molecule has 1 heterocycles. The number of ether oxygens (including phenoxy) is 1. The lowest BCUT2D eigenvalue weighted by molar-refractivity contribution is 0.00595. The van der Waals surface area contributed by atoms with E-state index in [0.717, 1.165) is 32.3 Å². The molecule has 0 aromatic rings. The van der Waals surface area contributed by atoms with Crippen LogP contribution in [0.1, 0.15) is 168 Å². The number of rotatable bonds is 25. The number of epoxide rings is 1. The molecule has 1 unspecified atom stereocenters. The van der Waals surface area contributed by atoms with Gasteiger partial charge in [0.2, 0.25) is 0 Å². The lowest BCUT2D eigenvalue weighted by Gasteiger charge is -2.28. The van der Waals surface area contributed by atoms with Crippen LogP contribution in [0.25, 0.3) is 0 Å². The van der Waals surface area contributed by atoms with Crippen molar-refractivity contribution in [1.29, 1.82) is 0 Å². The second kappa shape index (κ2) is 20.5. The molecule has 1 rings (SSSR count). The van der Waals surface area contributed by atoms with E-state index in [2.05, 4.69) is 13.8 Å². The molecule has 2 nitrogen and oxygen atoms in total. The van der Waals surface area contributed by atoms with E-state index in [-0.39, 0.29) is 0 Å². The van der Waals surface area contributed by atoms with E-state index in [0.29, 0.717) is 6.10 Å². The largest absolute Gasteiger partial charge is 0.390 e. The highest BCUT2D eigenvalue weighted by atomic mass is 16.6. The number of hydrogen-bond acceptors (Lipinski definition) is 2. The Morgan fingerprint density at radius 3 is 1.19 bits per heavy atom. The highest BCUT2D eigenvalue weighted by Crippen LogP contribution is 2.31. The van der Waals surface area contributed by atoms with Crippen molar-refractivity contribution in [3.05, 3.63) is 0 Å². The maximum absolute atomic E-state index is 11.3. The second-order valence-electron chi connectivity index (χ2n) is 10.6. The fourth-order valence-corrected chi connectivity index (χ4v) is 4.92. The highest BCUT2D eigenvalue weighted by Gasteiger charge is 2.30. The van der Waals surface area contributed by atoms with E-state index in [9.17, 15) is 5.11 Å². The minimum absolute atomic E-state index is 0.424. The molecule has 1 atom stereocenters. The van der Waals surface area contributed by atoms with Gasteiger partial charge in [0.05, 0.1) is 18.3 Å². The Hall–Kier alpha value is -0.0800. The van der Waals surface area contributed by atoms with E-state index in [1.54, 1.807) is 0 Å². The van der Waals surface area contributed by atoms with E-state index in [1.165, 1.54) is 128 Å². The lowest BCUT2D eigenvalue weighted by atomic mass is 9.85. The summed E-state index contributed by atoms with van der Waals surface area (Å²) >= 11 is 0. The van der Waals surface area contributed by atoms with Crippen LogP contribution in [-0.2, 0) is 4.74 Å². The van der Waals surface area contributed by atoms with Gasteiger partial charge in [-0.3, -0.25) is 0 Å². The van der Waals surface area contributed by atoms with Crippen molar-refractivity contribution in [3.63, 3.8) is 0 Å². The average molecular weight is 439 g/mol. The van der Waals surface area contributed by atoms with E-state index < -0.39 is 5.60 Å². The van der Waals surface area contributed by atoms with E-state index in [4.69, 9.17) is 4.74 Å². The van der Waals surface area contributed by atoms with Crippen molar-refractivity contribution in [2.24, 2.45) is 0 Å². The van der Waals surface area contributed by atoms with Crippen LogP contribution in [-0.4, -0.2) is 23.4 Å². The fourth-order valence-electron chi connectivity index (χ4n) is 4.92. The monoisotopic (exact) mass is 438 g/mol. The normalized spacial score (nSPS) is 16.2. The molecule has 0 aromatic heterocycles. The van der Waals surface area contributed by atoms with Crippen molar-refractivity contribution in [1.82, 2.24) is 0 Å². The summed E-state index contributed by atoms with van der Waals surface area (Å²) in [7, 11) is 0. The van der Waals surface area contributed by atoms with Crippen molar-refractivity contribution in [3.8, 4) is 0 Å². The Morgan fingerprint density at radius 2 is 0.871 bits per heavy atom. The van der Waals surface area contributed by atoms with Gasteiger partial charge in [-0.15, -0.1) is 0 Å². The SMILES string of the molecule is CCCCCCCCCCCCC(O)(CCCCCCCCCCCC)CCC1CO1. The molecule has 0 bridgehead atoms. The topological polar surface area (TPSA) is 32.8 Å². The second-order valence-corrected chi connectivity index (χ2v) is 10.6. The third-order valence-corrected chi connectivity index (χ3v) is 7.33. The fraction of sp³-hybridized carbons (Fsp3) is 1.00. The maximum Gasteiger partial charge on any atom is 0.0811 e. The van der Waals surface area contributed by atoms with Crippen LogP contribution in [0.4, 0.5) is 0 Å². The summed E-state index contributed by atoms with van der Waals surface area (Å²) in [5.41, 5.74) is -0.424. The van der Waals surface area contributed by atoms with Crippen LogP contribution < -0.4 is 0 Å². The van der Waals surface area contributed by atoms with Crippen molar-refractivity contribution >= 4 is 0 Å². The Bertz CT molecular complexity index is 340. The zero-order valence-corrected chi connectivity index (χ0v) is 21.6. The Labute approximate surface area is 196 Å². The maximum atomic E-state index is 11.3. The summed E-state index contributed by atoms with van der Waals surface area (Å²) in [6.07, 6.45) is 31.8. The molecule has 0 saturated carbocycles. The van der Waals surface area contributed by atoms with Gasteiger partial charge in [-0.05, 0) is 25.7 Å². The van der Waals surface area contributed by atoms with E-state index in [1.807, 2.05) is 0 Å². The standard InChI is InChI=1S/C29H58O2/c1-3-5-7-9-11-13-15-17-19-21-24-29(30,26-23-28-27-31-28)25-22-20-18-16-14-12-10-8-6-4-2/h28,30H,3-27H2,1-2H3. The molecule has 1 aliphatic heterocycles. The Balaban J connectivity index is 2.04. The molecule has 0 aromatic carbocycles. The Morgan fingerprint density at radius 1 is 0.548 bits per heavy atom. The summed E-state index contributed by atoms with van der Waals surface area (Å²) < 4.78 is 5.40. The van der Waals surface area contributed by atoms with Gasteiger partial charge in [0.1, 0.15) is 0 Å². The lowest BCUT2D eigenvalue weighted by Crippen LogP contribution is -2.29. The number of unbranched alkanes of at least 4 members (excludes halogenated alkanes) is 18. The smallest absolute Gasteiger partial charge is 0.0811 e. The van der Waals surface area contributed by atoms with Gasteiger partial charge in [-0.2, -0.15) is 0 Å². The minimum atomic E-state index is -0.424. The van der Waals surface area contributed by atoms with E-state index >= 15 is 0 Å². The summed E-state index contributed by atoms with van der Waals surface area (Å²) in [6, 6.07) is 0. The molecular weight excluding hydrogens is 380 g/mol. The molecular formula is C29H58O2. The average Bonchev–Trinajstić information content (AvgIpc) is 3.60. The highest BCUT2D eigenvalue weighted by molar-refractivity contribution is 4.82. The zero-order chi connectivity index (χ0) is 22.5. The molecule has 0 amide bonds. The number of aliphatic hydroxyl groups is 1. The molecule has 186 valence electrons. The predicted molar refractivity (Wildman–Crippen MR) is 137 cm³/mol. The molecule has 1 fully saturated rings. The summed E-state index contributed by atoms with van der Waals surface area (Å²) in [5, 5.41) is 11.3. The van der Waals surface area contributed by atoms with Gasteiger partial charge in [-0.1, -0.05) is 142 Å². The van der Waals surface area contributed by atoms with Crippen molar-refractivity contribution < 1.29 is 9.84 Å². The third-order valence-electron chi connectivity index (χ3n) is 7.33. The van der Waals surface area contributed by atoms with Gasteiger partial charge in [-0.25, -0.2) is 0 Å². The third kappa shape index (κ3) is 19.1. The molecule has 0 aliphatic carbocycles.